The monoisotopic (exact) mass is 261 g/mol. The first kappa shape index (κ1) is 12.8. The van der Waals surface area contributed by atoms with Crippen LogP contribution in [0.1, 0.15) is 50.6 Å². The Morgan fingerprint density at radius 2 is 2.05 bits per heavy atom. The van der Waals surface area contributed by atoms with Crippen molar-refractivity contribution in [2.45, 2.75) is 50.7 Å². The van der Waals surface area contributed by atoms with E-state index in [1.807, 2.05) is 18.2 Å². The maximum Gasteiger partial charge on any atom is 0.128 e. The van der Waals surface area contributed by atoms with Gasteiger partial charge in [0.1, 0.15) is 17.1 Å². The summed E-state index contributed by atoms with van der Waals surface area (Å²) >= 11 is 0. The molecule has 2 N–H and O–H groups in total. The zero-order valence-electron chi connectivity index (χ0n) is 11.8. The third-order valence-electron chi connectivity index (χ3n) is 4.72. The third-order valence-corrected chi connectivity index (χ3v) is 4.72. The summed E-state index contributed by atoms with van der Waals surface area (Å²) in [6.07, 6.45) is 5.67. The molecule has 0 bridgehead atoms. The second kappa shape index (κ2) is 4.71. The topological polar surface area (TPSA) is 44.5 Å². The van der Waals surface area contributed by atoms with E-state index in [4.69, 9.17) is 15.2 Å². The van der Waals surface area contributed by atoms with Crippen molar-refractivity contribution in [3.8, 4) is 11.5 Å². The van der Waals surface area contributed by atoms with Crippen LogP contribution in [-0.2, 0) is 0 Å². The summed E-state index contributed by atoms with van der Waals surface area (Å²) in [4.78, 5) is 0. The highest BCUT2D eigenvalue weighted by Gasteiger charge is 2.42. The maximum atomic E-state index is 6.36. The molecular weight excluding hydrogens is 238 g/mol. The minimum atomic E-state index is -0.0364. The highest BCUT2D eigenvalue weighted by atomic mass is 16.5. The molecule has 1 saturated carbocycles. The Morgan fingerprint density at radius 1 is 1.32 bits per heavy atom. The number of nitrogens with two attached hydrogens (primary N) is 1. The van der Waals surface area contributed by atoms with Crippen LogP contribution in [0.4, 0.5) is 0 Å². The zero-order valence-corrected chi connectivity index (χ0v) is 11.8. The first-order valence-corrected chi connectivity index (χ1v) is 7.24. The van der Waals surface area contributed by atoms with Gasteiger partial charge in [-0.1, -0.05) is 13.0 Å². The molecule has 1 aromatic carbocycles. The van der Waals surface area contributed by atoms with E-state index in [1.54, 1.807) is 7.11 Å². The largest absolute Gasteiger partial charge is 0.497 e. The summed E-state index contributed by atoms with van der Waals surface area (Å²) in [5, 5.41) is 0. The van der Waals surface area contributed by atoms with Gasteiger partial charge in [-0.25, -0.2) is 0 Å². The van der Waals surface area contributed by atoms with E-state index in [2.05, 4.69) is 6.92 Å². The summed E-state index contributed by atoms with van der Waals surface area (Å²) in [5.41, 5.74) is 7.44. The number of methoxy groups -OCH3 is 1. The number of fused-ring (bicyclic) bond motifs is 1. The van der Waals surface area contributed by atoms with E-state index in [1.165, 1.54) is 12.8 Å². The fourth-order valence-corrected chi connectivity index (χ4v) is 3.42. The van der Waals surface area contributed by atoms with Crippen LogP contribution in [0.15, 0.2) is 18.2 Å². The highest BCUT2D eigenvalue weighted by Crippen LogP contribution is 2.47. The van der Waals surface area contributed by atoms with Gasteiger partial charge < -0.3 is 15.2 Å². The highest BCUT2D eigenvalue weighted by molar-refractivity contribution is 5.44. The Labute approximate surface area is 115 Å². The zero-order chi connectivity index (χ0) is 13.5. The standard InChI is InChI=1S/C16H23NO2/c1-11-5-7-16(8-6-11)10-14(17)13-4-3-12(18-2)9-15(13)19-16/h3-4,9,11,14H,5-8,10,17H2,1-2H3/t11?,14-,16?/m1/s1. The minimum Gasteiger partial charge on any atom is -0.497 e. The average molecular weight is 261 g/mol. The molecule has 104 valence electrons. The van der Waals surface area contributed by atoms with E-state index < -0.39 is 0 Å². The van der Waals surface area contributed by atoms with E-state index >= 15 is 0 Å². The predicted octanol–water partition coefficient (Wildman–Crippen LogP) is 3.43. The predicted molar refractivity (Wildman–Crippen MR) is 75.5 cm³/mol. The molecule has 0 radical (unpaired) electrons. The quantitative estimate of drug-likeness (QED) is 0.842. The van der Waals surface area contributed by atoms with Crippen molar-refractivity contribution in [2.75, 3.05) is 7.11 Å². The lowest BCUT2D eigenvalue weighted by atomic mass is 9.74. The van der Waals surface area contributed by atoms with Crippen LogP contribution in [0.25, 0.3) is 0 Å². The van der Waals surface area contributed by atoms with E-state index in [0.717, 1.165) is 42.2 Å². The Kier molecular flexibility index (Phi) is 3.17. The molecule has 1 atom stereocenters. The van der Waals surface area contributed by atoms with Gasteiger partial charge in [0.25, 0.3) is 0 Å². The SMILES string of the molecule is COc1ccc2c(c1)OC1(CCC(C)CC1)C[C@H]2N. The molecule has 1 fully saturated rings. The lowest BCUT2D eigenvalue weighted by Crippen LogP contribution is -2.45. The second-order valence-electron chi connectivity index (χ2n) is 6.18. The number of hydrogen-bond acceptors (Lipinski definition) is 3. The van der Waals surface area contributed by atoms with Crippen LogP contribution >= 0.6 is 0 Å². The number of benzene rings is 1. The molecule has 3 nitrogen and oxygen atoms in total. The summed E-state index contributed by atoms with van der Waals surface area (Å²) in [6.45, 7) is 2.33. The van der Waals surface area contributed by atoms with Crippen LogP contribution in [-0.4, -0.2) is 12.7 Å². The van der Waals surface area contributed by atoms with Crippen molar-refractivity contribution in [1.82, 2.24) is 0 Å². The minimum absolute atomic E-state index is 0.0364. The summed E-state index contributed by atoms with van der Waals surface area (Å²) in [5.74, 6) is 2.58. The van der Waals surface area contributed by atoms with Gasteiger partial charge >= 0.3 is 0 Å². The molecule has 2 aliphatic rings. The second-order valence-corrected chi connectivity index (χ2v) is 6.18. The Hall–Kier alpha value is -1.22. The number of ether oxygens (including phenoxy) is 2. The molecule has 0 saturated heterocycles. The van der Waals surface area contributed by atoms with Crippen LogP contribution in [0.3, 0.4) is 0 Å². The van der Waals surface area contributed by atoms with Gasteiger partial charge in [0, 0.05) is 24.1 Å². The van der Waals surface area contributed by atoms with Crippen molar-refractivity contribution in [1.29, 1.82) is 0 Å². The maximum absolute atomic E-state index is 6.36. The molecule has 0 unspecified atom stereocenters. The van der Waals surface area contributed by atoms with Gasteiger partial charge in [-0.3, -0.25) is 0 Å². The van der Waals surface area contributed by atoms with Crippen LogP contribution in [0, 0.1) is 5.92 Å². The summed E-state index contributed by atoms with van der Waals surface area (Å²) in [6, 6.07) is 6.07. The van der Waals surface area contributed by atoms with Crippen LogP contribution in [0.2, 0.25) is 0 Å². The van der Waals surface area contributed by atoms with Gasteiger partial charge in [0.15, 0.2) is 0 Å². The van der Waals surface area contributed by atoms with Crippen LogP contribution in [0.5, 0.6) is 11.5 Å². The Balaban J connectivity index is 1.89. The molecule has 19 heavy (non-hydrogen) atoms. The molecule has 3 rings (SSSR count). The lowest BCUT2D eigenvalue weighted by Gasteiger charge is -2.45. The molecular formula is C16H23NO2. The fourth-order valence-electron chi connectivity index (χ4n) is 3.42. The molecule has 1 aromatic rings. The first-order valence-electron chi connectivity index (χ1n) is 7.24. The van der Waals surface area contributed by atoms with Crippen molar-refractivity contribution < 1.29 is 9.47 Å². The molecule has 1 aliphatic carbocycles. The van der Waals surface area contributed by atoms with Crippen molar-refractivity contribution >= 4 is 0 Å². The normalized spacial score (nSPS) is 33.6. The molecule has 3 heteroatoms. The first-order chi connectivity index (χ1) is 9.12. The third kappa shape index (κ3) is 2.32. The summed E-state index contributed by atoms with van der Waals surface area (Å²) < 4.78 is 11.6. The Morgan fingerprint density at radius 3 is 2.74 bits per heavy atom. The van der Waals surface area contributed by atoms with Gasteiger partial charge in [-0.15, -0.1) is 0 Å². The van der Waals surface area contributed by atoms with Crippen molar-refractivity contribution in [3.63, 3.8) is 0 Å². The van der Waals surface area contributed by atoms with Gasteiger partial charge in [-0.05, 0) is 37.7 Å². The Bertz CT molecular complexity index is 464. The molecule has 1 aliphatic heterocycles. The fraction of sp³-hybridized carbons (Fsp3) is 0.625. The number of hydrogen-bond donors (Lipinski definition) is 1. The molecule has 0 aromatic heterocycles. The van der Waals surface area contributed by atoms with E-state index in [0.29, 0.717) is 0 Å². The molecule has 1 heterocycles. The number of rotatable bonds is 1. The summed E-state index contributed by atoms with van der Waals surface area (Å²) in [7, 11) is 1.68. The van der Waals surface area contributed by atoms with Gasteiger partial charge in [0.2, 0.25) is 0 Å². The van der Waals surface area contributed by atoms with Gasteiger partial charge in [-0.2, -0.15) is 0 Å². The molecule has 0 amide bonds. The van der Waals surface area contributed by atoms with Gasteiger partial charge in [0.05, 0.1) is 7.11 Å². The molecule has 1 spiro atoms. The van der Waals surface area contributed by atoms with Crippen molar-refractivity contribution in [2.24, 2.45) is 11.7 Å². The van der Waals surface area contributed by atoms with E-state index in [9.17, 15) is 0 Å². The van der Waals surface area contributed by atoms with E-state index in [-0.39, 0.29) is 11.6 Å². The van der Waals surface area contributed by atoms with Crippen molar-refractivity contribution in [3.05, 3.63) is 23.8 Å². The average Bonchev–Trinajstić information content (AvgIpc) is 2.42. The van der Waals surface area contributed by atoms with Crippen LogP contribution < -0.4 is 15.2 Å². The lowest BCUT2D eigenvalue weighted by molar-refractivity contribution is -0.00868. The smallest absolute Gasteiger partial charge is 0.128 e.